The molecule has 0 bridgehead atoms. The van der Waals surface area contributed by atoms with Crippen molar-refractivity contribution in [1.29, 1.82) is 0 Å². The fraction of sp³-hybridized carbons (Fsp3) is 0.250. The predicted octanol–water partition coefficient (Wildman–Crippen LogP) is 0.898. The summed E-state index contributed by atoms with van der Waals surface area (Å²) in [6, 6.07) is 7.21. The lowest BCUT2D eigenvalue weighted by Crippen LogP contribution is -2.25. The van der Waals surface area contributed by atoms with Gasteiger partial charge < -0.3 is 0 Å². The average Bonchev–Trinajstić information content (AvgIpc) is 2.45. The maximum absolute atomic E-state index is 11.2. The van der Waals surface area contributed by atoms with Gasteiger partial charge in [-0.3, -0.25) is 4.84 Å². The summed E-state index contributed by atoms with van der Waals surface area (Å²) in [5.41, 5.74) is 1.51. The van der Waals surface area contributed by atoms with Crippen molar-refractivity contribution < 1.29 is 13.3 Å². The van der Waals surface area contributed by atoms with Crippen LogP contribution in [0, 0.1) is 0 Å². The number of rotatable bonds is 1. The molecule has 0 radical (unpaired) electrons. The SMILES string of the molecule is CS(=O)(=O)N1OCc2ccccc21. The van der Waals surface area contributed by atoms with Crippen LogP contribution < -0.4 is 4.47 Å². The number of fused-ring (bicyclic) bond motifs is 1. The van der Waals surface area contributed by atoms with Crippen LogP contribution in [0.25, 0.3) is 0 Å². The zero-order valence-electron chi connectivity index (χ0n) is 7.10. The Morgan fingerprint density at radius 3 is 2.77 bits per heavy atom. The van der Waals surface area contributed by atoms with E-state index in [1.54, 1.807) is 12.1 Å². The fourth-order valence-electron chi connectivity index (χ4n) is 1.28. The van der Waals surface area contributed by atoms with Gasteiger partial charge >= 0.3 is 0 Å². The van der Waals surface area contributed by atoms with Crippen LogP contribution in [0.5, 0.6) is 0 Å². The van der Waals surface area contributed by atoms with E-state index < -0.39 is 10.0 Å². The van der Waals surface area contributed by atoms with Gasteiger partial charge in [-0.1, -0.05) is 18.2 Å². The molecule has 0 unspecified atom stereocenters. The third-order valence-electron chi connectivity index (χ3n) is 1.83. The molecule has 0 saturated heterocycles. The molecule has 0 aliphatic carbocycles. The van der Waals surface area contributed by atoms with Crippen LogP contribution in [0.3, 0.4) is 0 Å². The maximum Gasteiger partial charge on any atom is 0.254 e. The second kappa shape index (κ2) is 2.71. The topological polar surface area (TPSA) is 46.6 Å². The molecule has 1 aromatic rings. The van der Waals surface area contributed by atoms with Crippen molar-refractivity contribution >= 4 is 15.7 Å². The average molecular weight is 199 g/mol. The van der Waals surface area contributed by atoms with Crippen molar-refractivity contribution in [2.24, 2.45) is 0 Å². The van der Waals surface area contributed by atoms with Crippen LogP contribution in [0.2, 0.25) is 0 Å². The number of para-hydroxylation sites is 1. The normalized spacial score (nSPS) is 15.9. The smallest absolute Gasteiger partial charge is 0.254 e. The molecule has 0 amide bonds. The van der Waals surface area contributed by atoms with E-state index in [-0.39, 0.29) is 0 Å². The van der Waals surface area contributed by atoms with Gasteiger partial charge in [0.2, 0.25) is 0 Å². The summed E-state index contributed by atoms with van der Waals surface area (Å²) in [5, 5.41) is 0. The fourth-order valence-corrected chi connectivity index (χ4v) is 2.06. The van der Waals surface area contributed by atoms with Crippen LogP contribution in [0.4, 0.5) is 5.69 Å². The Hall–Kier alpha value is -1.07. The lowest BCUT2D eigenvalue weighted by atomic mass is 10.2. The summed E-state index contributed by atoms with van der Waals surface area (Å²) in [6.45, 7) is 0.323. The molecular weight excluding hydrogens is 190 g/mol. The van der Waals surface area contributed by atoms with Gasteiger partial charge in [-0.2, -0.15) is 0 Å². The summed E-state index contributed by atoms with van der Waals surface area (Å²) in [5.74, 6) is 0. The number of anilines is 1. The molecule has 0 saturated carbocycles. The molecule has 70 valence electrons. The standard InChI is InChI=1S/C8H9NO3S/c1-13(10,11)9-8-5-3-2-4-7(8)6-12-9/h2-5H,6H2,1H3. The molecule has 0 fully saturated rings. The molecule has 4 nitrogen and oxygen atoms in total. The van der Waals surface area contributed by atoms with E-state index in [0.29, 0.717) is 12.3 Å². The lowest BCUT2D eigenvalue weighted by molar-refractivity contribution is 0.158. The summed E-state index contributed by atoms with van der Waals surface area (Å²) >= 11 is 0. The number of hydrogen-bond acceptors (Lipinski definition) is 3. The van der Waals surface area contributed by atoms with Crippen LogP contribution >= 0.6 is 0 Å². The first kappa shape index (κ1) is 8.52. The second-order valence-corrected chi connectivity index (χ2v) is 4.69. The summed E-state index contributed by atoms with van der Waals surface area (Å²) < 4.78 is 23.4. The third kappa shape index (κ3) is 1.40. The Bertz CT molecular complexity index is 427. The minimum absolute atomic E-state index is 0.323. The Morgan fingerprint density at radius 2 is 2.08 bits per heavy atom. The zero-order chi connectivity index (χ0) is 9.47. The molecule has 1 aromatic carbocycles. The number of hydrogen-bond donors (Lipinski definition) is 0. The van der Waals surface area contributed by atoms with Gasteiger partial charge in [-0.05, 0) is 6.07 Å². The van der Waals surface area contributed by atoms with Gasteiger partial charge in [-0.25, -0.2) is 8.42 Å². The van der Waals surface area contributed by atoms with Crippen molar-refractivity contribution in [2.75, 3.05) is 10.7 Å². The van der Waals surface area contributed by atoms with Crippen molar-refractivity contribution in [1.82, 2.24) is 0 Å². The van der Waals surface area contributed by atoms with E-state index in [2.05, 4.69) is 0 Å². The molecule has 1 aliphatic rings. The first-order valence-electron chi connectivity index (χ1n) is 3.80. The van der Waals surface area contributed by atoms with E-state index in [0.717, 1.165) is 16.3 Å². The highest BCUT2D eigenvalue weighted by Gasteiger charge is 2.26. The van der Waals surface area contributed by atoms with Crippen molar-refractivity contribution in [3.63, 3.8) is 0 Å². The van der Waals surface area contributed by atoms with Crippen molar-refractivity contribution in [3.05, 3.63) is 29.8 Å². The Balaban J connectivity index is 2.51. The number of nitrogens with zero attached hydrogens (tertiary/aromatic N) is 1. The summed E-state index contributed by atoms with van der Waals surface area (Å²) in [4.78, 5) is 5.03. The van der Waals surface area contributed by atoms with Gasteiger partial charge in [0.05, 0.1) is 11.9 Å². The van der Waals surface area contributed by atoms with Crippen LogP contribution in [0.1, 0.15) is 5.56 Å². The molecule has 0 aromatic heterocycles. The maximum atomic E-state index is 11.2. The van der Waals surface area contributed by atoms with Gasteiger partial charge in [0.25, 0.3) is 10.0 Å². The van der Waals surface area contributed by atoms with Crippen LogP contribution in [-0.4, -0.2) is 14.7 Å². The van der Waals surface area contributed by atoms with Gasteiger partial charge in [0.15, 0.2) is 0 Å². The van der Waals surface area contributed by atoms with Gasteiger partial charge in [0.1, 0.15) is 6.61 Å². The first-order chi connectivity index (χ1) is 6.09. The molecule has 5 heteroatoms. The van der Waals surface area contributed by atoms with E-state index in [4.69, 9.17) is 4.84 Å². The Labute approximate surface area is 76.7 Å². The second-order valence-electron chi connectivity index (χ2n) is 2.89. The molecule has 1 aliphatic heterocycles. The molecule has 0 N–H and O–H groups in total. The first-order valence-corrected chi connectivity index (χ1v) is 5.65. The summed E-state index contributed by atoms with van der Waals surface area (Å²) in [6.07, 6.45) is 1.12. The minimum atomic E-state index is -3.30. The highest BCUT2D eigenvalue weighted by Crippen LogP contribution is 2.30. The third-order valence-corrected chi connectivity index (χ3v) is 2.73. The van der Waals surface area contributed by atoms with E-state index in [1.807, 2.05) is 12.1 Å². The molecule has 13 heavy (non-hydrogen) atoms. The molecule has 0 spiro atoms. The quantitative estimate of drug-likeness (QED) is 0.675. The van der Waals surface area contributed by atoms with E-state index in [9.17, 15) is 8.42 Å². The van der Waals surface area contributed by atoms with E-state index >= 15 is 0 Å². The van der Waals surface area contributed by atoms with Gasteiger partial charge in [0, 0.05) is 5.56 Å². The van der Waals surface area contributed by atoms with Crippen molar-refractivity contribution in [2.45, 2.75) is 6.61 Å². The Morgan fingerprint density at radius 1 is 1.38 bits per heavy atom. The largest absolute Gasteiger partial charge is 0.254 e. The summed E-state index contributed by atoms with van der Waals surface area (Å²) in [7, 11) is -3.30. The highest BCUT2D eigenvalue weighted by molar-refractivity contribution is 7.91. The molecule has 0 atom stereocenters. The molecule has 2 rings (SSSR count). The minimum Gasteiger partial charge on any atom is -0.254 e. The number of benzene rings is 1. The predicted molar refractivity (Wildman–Crippen MR) is 48.6 cm³/mol. The molecule has 1 heterocycles. The van der Waals surface area contributed by atoms with Gasteiger partial charge in [-0.15, -0.1) is 4.47 Å². The zero-order valence-corrected chi connectivity index (χ0v) is 7.91. The monoisotopic (exact) mass is 199 g/mol. The van der Waals surface area contributed by atoms with Crippen LogP contribution in [-0.2, 0) is 21.5 Å². The lowest BCUT2D eigenvalue weighted by Gasteiger charge is -2.13. The van der Waals surface area contributed by atoms with Crippen LogP contribution in [0.15, 0.2) is 24.3 Å². The molecular formula is C8H9NO3S. The van der Waals surface area contributed by atoms with E-state index in [1.165, 1.54) is 0 Å². The highest BCUT2D eigenvalue weighted by atomic mass is 32.2. The number of sulfonamides is 1. The van der Waals surface area contributed by atoms with Crippen molar-refractivity contribution in [3.8, 4) is 0 Å². The Kier molecular flexibility index (Phi) is 1.78.